The Morgan fingerprint density at radius 1 is 1.03 bits per heavy atom. The number of carbonyl (C=O) groups is 2. The molecule has 4 rings (SSSR count). The van der Waals surface area contributed by atoms with Crippen LogP contribution in [-0.4, -0.2) is 26.1 Å². The zero-order valence-corrected chi connectivity index (χ0v) is 19.5. The van der Waals surface area contributed by atoms with Crippen molar-refractivity contribution in [3.63, 3.8) is 0 Å². The third kappa shape index (κ3) is 5.41. The fourth-order valence-electron chi connectivity index (χ4n) is 3.18. The number of nitrogens with zero attached hydrogens (tertiary/aromatic N) is 1. The molecule has 0 amide bonds. The van der Waals surface area contributed by atoms with Gasteiger partial charge in [0.25, 0.3) is 0 Å². The van der Waals surface area contributed by atoms with Crippen molar-refractivity contribution in [3.8, 4) is 5.75 Å². The summed E-state index contributed by atoms with van der Waals surface area (Å²) >= 11 is 5.89. The van der Waals surface area contributed by atoms with Gasteiger partial charge in [-0.3, -0.25) is 4.79 Å². The molecular formula is C25H18ClNO6S. The van der Waals surface area contributed by atoms with Gasteiger partial charge in [0.05, 0.1) is 0 Å². The van der Waals surface area contributed by atoms with E-state index in [2.05, 4.69) is 4.99 Å². The van der Waals surface area contributed by atoms with Crippen LogP contribution >= 0.6 is 11.6 Å². The maximum absolute atomic E-state index is 12.8. The second-order valence-corrected chi connectivity index (χ2v) is 9.42. The molecule has 0 saturated heterocycles. The molecule has 9 heteroatoms. The first kappa shape index (κ1) is 23.4. The molecule has 1 heterocycles. The number of hydrogen-bond acceptors (Lipinski definition) is 7. The number of halogens is 1. The first-order chi connectivity index (χ1) is 16.2. The lowest BCUT2D eigenvalue weighted by molar-refractivity contribution is -0.130. The number of carbonyl (C=O) groups excluding carboxylic acids is 2. The Morgan fingerprint density at radius 3 is 2.38 bits per heavy atom. The molecule has 1 aliphatic rings. The molecule has 0 saturated carbocycles. The Morgan fingerprint density at radius 2 is 1.71 bits per heavy atom. The molecule has 0 aliphatic carbocycles. The van der Waals surface area contributed by atoms with Crippen molar-refractivity contribution in [2.45, 2.75) is 18.2 Å². The number of para-hydroxylation sites is 1. The van der Waals surface area contributed by atoms with E-state index in [-0.39, 0.29) is 34.4 Å². The quantitative estimate of drug-likeness (QED) is 0.270. The van der Waals surface area contributed by atoms with Gasteiger partial charge in [0.2, 0.25) is 5.90 Å². The van der Waals surface area contributed by atoms with Crippen LogP contribution in [0.1, 0.15) is 23.6 Å². The van der Waals surface area contributed by atoms with Gasteiger partial charge in [0, 0.05) is 22.6 Å². The zero-order chi connectivity index (χ0) is 24.3. The first-order valence-corrected chi connectivity index (χ1v) is 11.9. The molecule has 3 aromatic carbocycles. The van der Waals surface area contributed by atoms with Crippen molar-refractivity contribution in [3.05, 3.63) is 100 Å². The topological polar surface area (TPSA) is 99.1 Å². The van der Waals surface area contributed by atoms with Crippen LogP contribution in [0, 0.1) is 0 Å². The van der Waals surface area contributed by atoms with Gasteiger partial charge in [-0.05, 0) is 61.0 Å². The van der Waals surface area contributed by atoms with Crippen LogP contribution in [0.3, 0.4) is 0 Å². The zero-order valence-electron chi connectivity index (χ0n) is 17.9. The van der Waals surface area contributed by atoms with Gasteiger partial charge in [0.15, 0.2) is 5.70 Å². The highest BCUT2D eigenvalue weighted by Gasteiger charge is 2.25. The van der Waals surface area contributed by atoms with Crippen molar-refractivity contribution in [1.82, 2.24) is 0 Å². The predicted molar refractivity (Wildman–Crippen MR) is 127 cm³/mol. The van der Waals surface area contributed by atoms with E-state index in [4.69, 9.17) is 20.5 Å². The molecule has 7 nitrogen and oxygen atoms in total. The standard InChI is InChI=1S/C25H18ClNO6S/c1-16(28)14-17-6-12-21(13-7-17)34(30,31)33-23-5-3-2-4-19(23)15-22-25(29)32-24(27-22)18-8-10-20(26)11-9-18/h2-13,15H,14H2,1H3. The minimum Gasteiger partial charge on any atom is -0.402 e. The summed E-state index contributed by atoms with van der Waals surface area (Å²) < 4.78 is 36.2. The van der Waals surface area contributed by atoms with Gasteiger partial charge in [-0.1, -0.05) is 41.9 Å². The van der Waals surface area contributed by atoms with E-state index in [9.17, 15) is 18.0 Å². The second kappa shape index (κ2) is 9.62. The van der Waals surface area contributed by atoms with Crippen molar-refractivity contribution in [1.29, 1.82) is 0 Å². The average Bonchev–Trinajstić information content (AvgIpc) is 3.15. The number of esters is 1. The van der Waals surface area contributed by atoms with Crippen molar-refractivity contribution >= 4 is 45.4 Å². The number of aliphatic imine (C=N–C) groups is 1. The van der Waals surface area contributed by atoms with E-state index in [1.165, 1.54) is 31.2 Å². The Kier molecular flexibility index (Phi) is 6.63. The molecule has 1 aliphatic heterocycles. The van der Waals surface area contributed by atoms with Gasteiger partial charge in [0.1, 0.15) is 16.4 Å². The number of Topliss-reactive ketones (excluding diaryl/α,β-unsaturated/α-hetero) is 1. The summed E-state index contributed by atoms with van der Waals surface area (Å²) in [5.74, 6) is -0.569. The first-order valence-electron chi connectivity index (χ1n) is 10.1. The largest absolute Gasteiger partial charge is 0.402 e. The SMILES string of the molecule is CC(=O)Cc1ccc(S(=O)(=O)Oc2ccccc2C=C2N=C(c3ccc(Cl)cc3)OC2=O)cc1. The molecule has 34 heavy (non-hydrogen) atoms. The van der Waals surface area contributed by atoms with Crippen molar-refractivity contribution in [2.75, 3.05) is 0 Å². The van der Waals surface area contributed by atoms with Gasteiger partial charge < -0.3 is 8.92 Å². The van der Waals surface area contributed by atoms with Gasteiger partial charge in [-0.15, -0.1) is 0 Å². The molecule has 172 valence electrons. The van der Waals surface area contributed by atoms with E-state index < -0.39 is 16.1 Å². The van der Waals surface area contributed by atoms with Crippen LogP contribution in [-0.2, 0) is 30.9 Å². The number of cyclic esters (lactones) is 1. The van der Waals surface area contributed by atoms with E-state index in [0.29, 0.717) is 21.7 Å². The Bertz CT molecular complexity index is 1420. The van der Waals surface area contributed by atoms with Crippen LogP contribution in [0.25, 0.3) is 6.08 Å². The van der Waals surface area contributed by atoms with Crippen molar-refractivity contribution < 1.29 is 26.9 Å². The molecule has 0 aromatic heterocycles. The fraction of sp³-hybridized carbons (Fsp3) is 0.0800. The second-order valence-electron chi connectivity index (χ2n) is 7.44. The van der Waals surface area contributed by atoms with Gasteiger partial charge >= 0.3 is 16.1 Å². The summed E-state index contributed by atoms with van der Waals surface area (Å²) in [6.45, 7) is 1.46. The molecular weight excluding hydrogens is 478 g/mol. The molecule has 0 atom stereocenters. The van der Waals surface area contributed by atoms with Gasteiger partial charge in [-0.25, -0.2) is 9.79 Å². The molecule has 0 N–H and O–H groups in total. The number of rotatable bonds is 7. The maximum Gasteiger partial charge on any atom is 0.363 e. The van der Waals surface area contributed by atoms with Crippen molar-refractivity contribution in [2.24, 2.45) is 4.99 Å². The normalized spacial score (nSPS) is 14.6. The molecule has 0 unspecified atom stereocenters. The monoisotopic (exact) mass is 495 g/mol. The van der Waals surface area contributed by atoms with E-state index in [1.807, 2.05) is 0 Å². The van der Waals surface area contributed by atoms with Crippen LogP contribution < -0.4 is 4.18 Å². The molecule has 0 radical (unpaired) electrons. The molecule has 3 aromatic rings. The maximum atomic E-state index is 12.8. The highest BCUT2D eigenvalue weighted by Crippen LogP contribution is 2.27. The fourth-order valence-corrected chi connectivity index (χ4v) is 4.26. The lowest BCUT2D eigenvalue weighted by Gasteiger charge is -2.10. The average molecular weight is 496 g/mol. The Hall–Kier alpha value is -3.75. The summed E-state index contributed by atoms with van der Waals surface area (Å²) in [5.41, 5.74) is 1.59. The summed E-state index contributed by atoms with van der Waals surface area (Å²) in [6, 6.07) is 18.9. The number of benzene rings is 3. The summed E-state index contributed by atoms with van der Waals surface area (Å²) in [7, 11) is -4.16. The lowest BCUT2D eigenvalue weighted by atomic mass is 10.1. The third-order valence-corrected chi connectivity index (χ3v) is 6.29. The Balaban J connectivity index is 1.60. The summed E-state index contributed by atoms with van der Waals surface area (Å²) in [4.78, 5) is 27.8. The predicted octanol–water partition coefficient (Wildman–Crippen LogP) is 4.58. The van der Waals surface area contributed by atoms with E-state index in [0.717, 1.165) is 0 Å². The molecule has 0 spiro atoms. The van der Waals surface area contributed by atoms with Gasteiger partial charge in [-0.2, -0.15) is 8.42 Å². The smallest absolute Gasteiger partial charge is 0.363 e. The third-order valence-electron chi connectivity index (χ3n) is 4.79. The van der Waals surface area contributed by atoms with Crippen LogP contribution in [0.2, 0.25) is 5.02 Å². The number of ether oxygens (including phenoxy) is 1. The summed E-state index contributed by atoms with van der Waals surface area (Å²) in [6.07, 6.45) is 1.61. The lowest BCUT2D eigenvalue weighted by Crippen LogP contribution is -2.11. The number of hydrogen-bond donors (Lipinski definition) is 0. The highest BCUT2D eigenvalue weighted by molar-refractivity contribution is 7.87. The minimum absolute atomic E-state index is 0.00742. The molecule has 0 fully saturated rings. The molecule has 0 bridgehead atoms. The van der Waals surface area contributed by atoms with E-state index in [1.54, 1.807) is 54.6 Å². The van der Waals surface area contributed by atoms with Crippen LogP contribution in [0.4, 0.5) is 0 Å². The van der Waals surface area contributed by atoms with Crippen LogP contribution in [0.15, 0.2) is 88.4 Å². The number of ketones is 1. The summed E-state index contributed by atoms with van der Waals surface area (Å²) in [5, 5.41) is 0.533. The van der Waals surface area contributed by atoms with E-state index >= 15 is 0 Å². The minimum atomic E-state index is -4.16. The highest BCUT2D eigenvalue weighted by atomic mass is 35.5. The van der Waals surface area contributed by atoms with Crippen LogP contribution in [0.5, 0.6) is 5.75 Å². The Labute approximate surface area is 201 Å².